The molecule has 1 aromatic carbocycles. The number of hydrogen-bond acceptors (Lipinski definition) is 9. The average molecular weight is 364 g/mol. The number of aromatic hydroxyl groups is 2. The third kappa shape index (κ3) is 1.75. The van der Waals surface area contributed by atoms with Crippen molar-refractivity contribution in [3.8, 4) is 11.5 Å². The number of fused-ring (bicyclic) bond motifs is 5. The number of hydrogen-bond donors (Lipinski definition) is 3. The van der Waals surface area contributed by atoms with Crippen molar-refractivity contribution in [2.75, 3.05) is 32.2 Å². The molecule has 140 valence electrons. The minimum Gasteiger partial charge on any atom is -0.505 e. The molecule has 26 heavy (non-hydrogen) atoms. The number of nitrogens with zero attached hydrogens (tertiary/aromatic N) is 3. The smallest absolute Gasteiger partial charge is 0.404 e. The molecule has 2 saturated heterocycles. The number of likely N-dealkylation sites (N-methyl/N-ethyl adjacent to an activating group) is 1. The Balaban J connectivity index is 1.95. The highest BCUT2D eigenvalue weighted by atomic mass is 16.6. The molecule has 10 heteroatoms. The largest absolute Gasteiger partial charge is 0.505 e. The topological polar surface area (TPSA) is 138 Å². The number of nitrogens with two attached hydrogens (primary N) is 1. The highest BCUT2D eigenvalue weighted by molar-refractivity contribution is 5.84. The molecule has 0 bridgehead atoms. The summed E-state index contributed by atoms with van der Waals surface area (Å²) >= 11 is 0. The van der Waals surface area contributed by atoms with E-state index in [4.69, 9.17) is 15.2 Å². The average Bonchev–Trinajstić information content (AvgIpc) is 3.00. The van der Waals surface area contributed by atoms with E-state index < -0.39 is 17.7 Å². The summed E-state index contributed by atoms with van der Waals surface area (Å²) in [5.74, 6) is -1.13. The molecule has 3 aliphatic heterocycles. The molecule has 0 saturated carbocycles. The van der Waals surface area contributed by atoms with E-state index in [1.807, 2.05) is 11.9 Å². The van der Waals surface area contributed by atoms with Crippen molar-refractivity contribution in [1.29, 1.82) is 0 Å². The number of amides is 1. The Morgan fingerprint density at radius 3 is 2.69 bits per heavy atom. The van der Waals surface area contributed by atoms with Crippen LogP contribution < -0.4 is 10.6 Å². The third-order valence-corrected chi connectivity index (χ3v) is 6.05. The number of piperazine rings is 1. The molecule has 1 aromatic rings. The molecule has 4 N–H and O–H groups in total. The number of phenolic OH excluding ortho intramolecular Hbond substituents is 2. The summed E-state index contributed by atoms with van der Waals surface area (Å²) < 4.78 is 10.9. The van der Waals surface area contributed by atoms with E-state index >= 15 is 0 Å². The maximum atomic E-state index is 11.2. The number of ether oxygens (including phenoxy) is 2. The molecule has 5 unspecified atom stereocenters. The van der Waals surface area contributed by atoms with Crippen LogP contribution in [0.15, 0.2) is 5.18 Å². The van der Waals surface area contributed by atoms with Crippen LogP contribution in [0.1, 0.15) is 17.0 Å². The molecule has 0 aromatic heterocycles. The van der Waals surface area contributed by atoms with Gasteiger partial charge in [0.25, 0.3) is 0 Å². The number of benzene rings is 1. The van der Waals surface area contributed by atoms with E-state index in [1.165, 1.54) is 14.0 Å². The van der Waals surface area contributed by atoms with Gasteiger partial charge in [0, 0.05) is 30.8 Å². The molecule has 4 rings (SSSR count). The van der Waals surface area contributed by atoms with Crippen molar-refractivity contribution in [2.24, 2.45) is 10.9 Å². The van der Waals surface area contributed by atoms with Crippen LogP contribution in [0.25, 0.3) is 0 Å². The molecular weight excluding hydrogens is 344 g/mol. The molecule has 3 heterocycles. The van der Waals surface area contributed by atoms with Crippen molar-refractivity contribution in [3.63, 3.8) is 0 Å². The third-order valence-electron chi connectivity index (χ3n) is 6.05. The lowest BCUT2D eigenvalue weighted by molar-refractivity contribution is -0.0429. The first-order valence-corrected chi connectivity index (χ1v) is 8.19. The molecule has 0 spiro atoms. The number of phenols is 2. The summed E-state index contributed by atoms with van der Waals surface area (Å²) in [6.07, 6.45) is -0.959. The van der Waals surface area contributed by atoms with Crippen LogP contribution in [0.5, 0.6) is 11.5 Å². The molecule has 0 aliphatic carbocycles. The second-order valence-electron chi connectivity index (χ2n) is 6.95. The van der Waals surface area contributed by atoms with Gasteiger partial charge in [-0.3, -0.25) is 4.90 Å². The Hall–Kier alpha value is -2.59. The fraction of sp³-hybridized carbons (Fsp3) is 0.562. The number of carbonyl (C=O) groups excluding carboxylic acids is 1. The lowest BCUT2D eigenvalue weighted by Crippen LogP contribution is -2.54. The lowest BCUT2D eigenvalue weighted by Gasteiger charge is -2.39. The Labute approximate surface area is 149 Å². The number of anilines is 1. The van der Waals surface area contributed by atoms with E-state index in [2.05, 4.69) is 10.1 Å². The van der Waals surface area contributed by atoms with E-state index in [1.54, 1.807) is 0 Å². The van der Waals surface area contributed by atoms with Gasteiger partial charge in [0.05, 0.1) is 17.6 Å². The highest BCUT2D eigenvalue weighted by Crippen LogP contribution is 2.65. The Morgan fingerprint density at radius 2 is 2.12 bits per heavy atom. The van der Waals surface area contributed by atoms with Crippen LogP contribution >= 0.6 is 0 Å². The summed E-state index contributed by atoms with van der Waals surface area (Å²) in [4.78, 5) is 26.4. The lowest BCUT2D eigenvalue weighted by atomic mass is 9.88. The van der Waals surface area contributed by atoms with E-state index in [9.17, 15) is 19.9 Å². The van der Waals surface area contributed by atoms with Crippen molar-refractivity contribution in [3.05, 3.63) is 16.0 Å². The van der Waals surface area contributed by atoms with E-state index in [0.29, 0.717) is 12.2 Å². The molecule has 5 atom stereocenters. The summed E-state index contributed by atoms with van der Waals surface area (Å²) in [5.41, 5.74) is 4.78. The predicted octanol–water partition coefficient (Wildman–Crippen LogP) is 0.842. The van der Waals surface area contributed by atoms with Gasteiger partial charge in [0.2, 0.25) is 0 Å². The SMILES string of the molecule is COC12C(COC(N)=O)c3c(O)c(N=O)c(C)c(O)c3N1CC1C2N1C. The van der Waals surface area contributed by atoms with Crippen molar-refractivity contribution in [2.45, 2.75) is 30.7 Å². The van der Waals surface area contributed by atoms with Crippen LogP contribution in [-0.4, -0.2) is 66.3 Å². The second kappa shape index (κ2) is 5.21. The van der Waals surface area contributed by atoms with Gasteiger partial charge < -0.3 is 30.3 Å². The number of carbonyl (C=O) groups is 1. The minimum atomic E-state index is -0.959. The zero-order chi connectivity index (χ0) is 19.0. The zero-order valence-corrected chi connectivity index (χ0v) is 14.6. The highest BCUT2D eigenvalue weighted by Gasteiger charge is 2.74. The normalized spacial score (nSPS) is 33.4. The Bertz CT molecular complexity index is 830. The van der Waals surface area contributed by atoms with Crippen LogP contribution in [0.4, 0.5) is 16.2 Å². The van der Waals surface area contributed by atoms with Gasteiger partial charge in [0.15, 0.2) is 17.2 Å². The Morgan fingerprint density at radius 1 is 1.42 bits per heavy atom. The summed E-state index contributed by atoms with van der Waals surface area (Å²) in [5, 5.41) is 24.3. The van der Waals surface area contributed by atoms with E-state index in [-0.39, 0.29) is 47.0 Å². The fourth-order valence-corrected chi connectivity index (χ4v) is 4.85. The van der Waals surface area contributed by atoms with Crippen molar-refractivity contribution in [1.82, 2.24) is 4.90 Å². The van der Waals surface area contributed by atoms with Crippen LogP contribution in [0, 0.1) is 11.8 Å². The molecule has 3 aliphatic rings. The van der Waals surface area contributed by atoms with Gasteiger partial charge in [-0.05, 0) is 19.1 Å². The van der Waals surface area contributed by atoms with Crippen LogP contribution in [0.3, 0.4) is 0 Å². The Kier molecular flexibility index (Phi) is 3.38. The zero-order valence-electron chi connectivity index (χ0n) is 14.6. The standard InChI is InChI=1S/C16H20N4O6/c1-6-10(18-24)13(22)9-7(5-26-15(17)23)16(25-3)14-8(19(14)2)4-20(16)11(9)12(6)21/h7-8,14,21-22H,4-5H2,1-3H3,(H2,17,23). The summed E-state index contributed by atoms with van der Waals surface area (Å²) in [7, 11) is 3.48. The number of methoxy groups -OCH3 is 1. The van der Waals surface area contributed by atoms with Crippen molar-refractivity contribution >= 4 is 17.5 Å². The molecule has 10 nitrogen and oxygen atoms in total. The molecular formula is C16H20N4O6. The first kappa shape index (κ1) is 16.9. The maximum Gasteiger partial charge on any atom is 0.404 e. The first-order chi connectivity index (χ1) is 12.3. The van der Waals surface area contributed by atoms with Gasteiger partial charge >= 0.3 is 6.09 Å². The number of rotatable bonds is 4. The summed E-state index contributed by atoms with van der Waals surface area (Å²) in [6, 6.07) is 0.193. The van der Waals surface area contributed by atoms with Gasteiger partial charge in [0.1, 0.15) is 12.4 Å². The molecule has 2 fully saturated rings. The monoisotopic (exact) mass is 364 g/mol. The maximum absolute atomic E-state index is 11.2. The summed E-state index contributed by atoms with van der Waals surface area (Å²) in [6.45, 7) is 1.91. The van der Waals surface area contributed by atoms with Gasteiger partial charge in [-0.25, -0.2) is 4.79 Å². The van der Waals surface area contributed by atoms with E-state index in [0.717, 1.165) is 0 Å². The molecule has 0 radical (unpaired) electrons. The first-order valence-electron chi connectivity index (χ1n) is 8.19. The quantitative estimate of drug-likeness (QED) is 0.406. The number of nitroso groups, excluding NO2 is 1. The van der Waals surface area contributed by atoms with Gasteiger partial charge in [-0.2, -0.15) is 0 Å². The predicted molar refractivity (Wildman–Crippen MR) is 90.7 cm³/mol. The minimum absolute atomic E-state index is 0.0203. The van der Waals surface area contributed by atoms with Gasteiger partial charge in [-0.1, -0.05) is 0 Å². The van der Waals surface area contributed by atoms with Crippen molar-refractivity contribution < 1.29 is 24.5 Å². The molecule has 1 amide bonds. The van der Waals surface area contributed by atoms with Crippen LogP contribution in [-0.2, 0) is 9.47 Å². The van der Waals surface area contributed by atoms with Crippen LogP contribution in [0.2, 0.25) is 0 Å². The fourth-order valence-electron chi connectivity index (χ4n) is 4.85. The number of primary amides is 1. The van der Waals surface area contributed by atoms with Gasteiger partial charge in [-0.15, -0.1) is 4.91 Å². The second-order valence-corrected chi connectivity index (χ2v) is 6.95.